The molecule has 0 bridgehead atoms. The first kappa shape index (κ1) is 32.0. The van der Waals surface area contributed by atoms with E-state index in [0.29, 0.717) is 34.7 Å². The fourth-order valence-electron chi connectivity index (χ4n) is 5.16. The lowest BCUT2D eigenvalue weighted by Gasteiger charge is -2.12. The van der Waals surface area contributed by atoms with Gasteiger partial charge in [-0.3, -0.25) is 4.72 Å². The van der Waals surface area contributed by atoms with Gasteiger partial charge in [0.25, 0.3) is 16.0 Å². The van der Waals surface area contributed by atoms with Crippen LogP contribution in [-0.2, 0) is 10.0 Å². The van der Waals surface area contributed by atoms with Crippen LogP contribution in [0.1, 0.15) is 5.56 Å². The third-order valence-corrected chi connectivity index (χ3v) is 9.13. The smallest absolute Gasteiger partial charge is 0.261 e. The number of hydrogen-bond acceptors (Lipinski definition) is 9. The minimum absolute atomic E-state index is 0.189. The Hall–Kier alpha value is -6.53. The fourth-order valence-corrected chi connectivity index (χ4v) is 6.21. The fraction of sp³-hybridized carbons (Fsp3) is 0.0526. The van der Waals surface area contributed by atoms with E-state index in [1.807, 2.05) is 110 Å². The molecule has 0 radical (unpaired) electrons. The Morgan fingerprint density at radius 2 is 1.18 bits per heavy atom. The van der Waals surface area contributed by atoms with Gasteiger partial charge in [0.15, 0.2) is 0 Å². The number of benzene rings is 5. The number of nitrogens with one attached hydrogen (secondary N) is 3. The van der Waals surface area contributed by atoms with Gasteiger partial charge in [-0.2, -0.15) is 24.7 Å². The van der Waals surface area contributed by atoms with E-state index in [0.717, 1.165) is 28.1 Å². The second kappa shape index (κ2) is 13.9. The van der Waals surface area contributed by atoms with Crippen LogP contribution >= 0.6 is 0 Å². The number of methoxy groups -OCH3 is 1. The van der Waals surface area contributed by atoms with Gasteiger partial charge in [0.05, 0.1) is 23.4 Å². The van der Waals surface area contributed by atoms with Crippen molar-refractivity contribution >= 4 is 39.0 Å². The molecule has 0 aliphatic rings. The number of anilines is 5. The van der Waals surface area contributed by atoms with Crippen LogP contribution in [0, 0.1) is 6.92 Å². The molecule has 50 heavy (non-hydrogen) atoms. The molecule has 0 unspecified atom stereocenters. The second-order valence-electron chi connectivity index (χ2n) is 11.3. The molecule has 0 fully saturated rings. The number of rotatable bonds is 11. The van der Waals surface area contributed by atoms with Crippen LogP contribution in [0.4, 0.5) is 29.0 Å². The molecule has 0 saturated carbocycles. The molecule has 12 heteroatoms. The molecule has 2 aromatic heterocycles. The van der Waals surface area contributed by atoms with E-state index >= 15 is 0 Å². The molecule has 0 aliphatic heterocycles. The van der Waals surface area contributed by atoms with Crippen molar-refractivity contribution in [2.45, 2.75) is 11.8 Å². The van der Waals surface area contributed by atoms with Gasteiger partial charge in [0.2, 0.25) is 11.9 Å². The van der Waals surface area contributed by atoms with Gasteiger partial charge in [-0.15, -0.1) is 0 Å². The maximum Gasteiger partial charge on any atom is 0.261 e. The molecule has 11 nitrogen and oxygen atoms in total. The molecule has 7 rings (SSSR count). The van der Waals surface area contributed by atoms with Crippen LogP contribution < -0.4 is 20.1 Å². The largest absolute Gasteiger partial charge is 0.497 e. The monoisotopic (exact) mass is 680 g/mol. The van der Waals surface area contributed by atoms with Crippen molar-refractivity contribution < 1.29 is 13.2 Å². The maximum absolute atomic E-state index is 13.0. The lowest BCUT2D eigenvalue weighted by atomic mass is 10.1. The van der Waals surface area contributed by atoms with Crippen molar-refractivity contribution in [3.63, 3.8) is 0 Å². The SMILES string of the molecule is COc1ccc(-c2cc(-c3ccc(NS(=O)(=O)c4ccc(C)cc4)cc3)nn2-c2nc(Nc3ccccc3)nc(Nc3ccccc3)n2)cc1. The van der Waals surface area contributed by atoms with E-state index in [-0.39, 0.29) is 10.8 Å². The Bertz CT molecular complexity index is 2270. The Kier molecular flexibility index (Phi) is 8.91. The number of nitrogens with zero attached hydrogens (tertiary/aromatic N) is 5. The lowest BCUT2D eigenvalue weighted by Crippen LogP contribution is -2.12. The van der Waals surface area contributed by atoms with Crippen molar-refractivity contribution in [1.29, 1.82) is 0 Å². The molecule has 7 aromatic rings. The van der Waals surface area contributed by atoms with Gasteiger partial charge >= 0.3 is 0 Å². The highest BCUT2D eigenvalue weighted by Gasteiger charge is 2.19. The average molecular weight is 681 g/mol. The Balaban J connectivity index is 1.28. The zero-order chi connectivity index (χ0) is 34.5. The standard InChI is InChI=1S/C38H32N8O3S/c1-26-13-23-33(24-14-26)50(47,48)45-31-19-15-27(16-20-31)34-25-35(28-17-21-32(49-2)22-18-28)46(44-34)38-42-36(39-29-9-5-3-6-10-29)41-37(43-38)40-30-11-7-4-8-12-30/h3-25,45H,1-2H3,(H2,39,40,41,42,43). The molecule has 2 heterocycles. The zero-order valence-electron chi connectivity index (χ0n) is 27.1. The third-order valence-electron chi connectivity index (χ3n) is 7.73. The van der Waals surface area contributed by atoms with Crippen LogP contribution in [0.3, 0.4) is 0 Å². The van der Waals surface area contributed by atoms with E-state index in [9.17, 15) is 8.42 Å². The first-order chi connectivity index (χ1) is 24.3. The molecule has 0 amide bonds. The highest BCUT2D eigenvalue weighted by atomic mass is 32.2. The van der Waals surface area contributed by atoms with E-state index < -0.39 is 10.0 Å². The van der Waals surface area contributed by atoms with Crippen molar-refractivity contribution in [3.8, 4) is 34.2 Å². The van der Waals surface area contributed by atoms with Gasteiger partial charge < -0.3 is 15.4 Å². The van der Waals surface area contributed by atoms with E-state index in [1.165, 1.54) is 0 Å². The molecule has 0 saturated heterocycles. The van der Waals surface area contributed by atoms with E-state index in [4.69, 9.17) is 19.8 Å². The van der Waals surface area contributed by atoms with Gasteiger partial charge in [0, 0.05) is 28.2 Å². The summed E-state index contributed by atoms with van der Waals surface area (Å²) >= 11 is 0. The highest BCUT2D eigenvalue weighted by Crippen LogP contribution is 2.31. The number of sulfonamides is 1. The van der Waals surface area contributed by atoms with Crippen LogP contribution in [-0.4, -0.2) is 40.3 Å². The zero-order valence-corrected chi connectivity index (χ0v) is 28.0. The van der Waals surface area contributed by atoms with Gasteiger partial charge in [-0.25, -0.2) is 8.42 Å². The summed E-state index contributed by atoms with van der Waals surface area (Å²) in [5.74, 6) is 1.63. The summed E-state index contributed by atoms with van der Waals surface area (Å²) in [7, 11) is -2.14. The number of hydrogen-bond donors (Lipinski definition) is 3. The first-order valence-corrected chi connectivity index (χ1v) is 17.2. The number of aryl methyl sites for hydroxylation is 1. The molecule has 5 aromatic carbocycles. The minimum atomic E-state index is -3.76. The van der Waals surface area contributed by atoms with Crippen molar-refractivity contribution in [2.75, 3.05) is 22.5 Å². The van der Waals surface area contributed by atoms with E-state index in [2.05, 4.69) is 20.3 Å². The summed E-state index contributed by atoms with van der Waals surface area (Å²) in [6.45, 7) is 1.91. The summed E-state index contributed by atoms with van der Waals surface area (Å²) in [6, 6.07) is 42.6. The predicted octanol–water partition coefficient (Wildman–Crippen LogP) is 8.00. The van der Waals surface area contributed by atoms with Crippen LogP contribution in [0.5, 0.6) is 5.75 Å². The first-order valence-electron chi connectivity index (χ1n) is 15.7. The summed E-state index contributed by atoms with van der Waals surface area (Å²) in [4.78, 5) is 14.4. The Labute approximate surface area is 289 Å². The van der Waals surface area contributed by atoms with Crippen LogP contribution in [0.2, 0.25) is 0 Å². The Morgan fingerprint density at radius 1 is 0.620 bits per heavy atom. The molecular weight excluding hydrogens is 649 g/mol. The molecule has 0 atom stereocenters. The Morgan fingerprint density at radius 3 is 1.74 bits per heavy atom. The van der Waals surface area contributed by atoms with Gasteiger partial charge in [-0.1, -0.05) is 66.2 Å². The second-order valence-corrected chi connectivity index (χ2v) is 13.0. The molecule has 0 spiro atoms. The summed E-state index contributed by atoms with van der Waals surface area (Å²) in [5, 5.41) is 11.5. The minimum Gasteiger partial charge on any atom is -0.497 e. The van der Waals surface area contributed by atoms with Crippen LogP contribution in [0.25, 0.3) is 28.5 Å². The number of ether oxygens (including phenoxy) is 1. The normalized spacial score (nSPS) is 11.2. The summed E-state index contributed by atoms with van der Waals surface area (Å²) in [6.07, 6.45) is 0. The van der Waals surface area contributed by atoms with E-state index in [1.54, 1.807) is 48.2 Å². The quantitative estimate of drug-likeness (QED) is 0.124. The third kappa shape index (κ3) is 7.30. The molecule has 0 aliphatic carbocycles. The molecule has 3 N–H and O–H groups in total. The highest BCUT2D eigenvalue weighted by molar-refractivity contribution is 7.92. The van der Waals surface area contributed by atoms with Crippen LogP contribution in [0.15, 0.2) is 144 Å². The topological polar surface area (TPSA) is 136 Å². The van der Waals surface area contributed by atoms with Crippen molar-refractivity contribution in [2.24, 2.45) is 0 Å². The predicted molar refractivity (Wildman–Crippen MR) is 196 cm³/mol. The molecule has 248 valence electrons. The summed E-state index contributed by atoms with van der Waals surface area (Å²) in [5.41, 5.74) is 5.98. The molecular formula is C38H32N8O3S. The number of aromatic nitrogens is 5. The van der Waals surface area contributed by atoms with Gasteiger partial charge in [0.1, 0.15) is 5.75 Å². The summed E-state index contributed by atoms with van der Waals surface area (Å²) < 4.78 is 35.7. The number of para-hydroxylation sites is 2. The lowest BCUT2D eigenvalue weighted by molar-refractivity contribution is 0.415. The van der Waals surface area contributed by atoms with Crippen molar-refractivity contribution in [1.82, 2.24) is 24.7 Å². The average Bonchev–Trinajstić information content (AvgIpc) is 3.59. The maximum atomic E-state index is 13.0. The van der Waals surface area contributed by atoms with Crippen molar-refractivity contribution in [3.05, 3.63) is 145 Å². The van der Waals surface area contributed by atoms with Gasteiger partial charge in [-0.05, 0) is 85.8 Å².